The molecule has 0 unspecified atom stereocenters. The first-order valence-corrected chi connectivity index (χ1v) is 7.73. The van der Waals surface area contributed by atoms with Gasteiger partial charge < -0.3 is 4.74 Å². The van der Waals surface area contributed by atoms with Crippen molar-refractivity contribution in [2.45, 2.75) is 11.8 Å². The average Bonchev–Trinajstić information content (AvgIpc) is 2.38. The van der Waals surface area contributed by atoms with Crippen molar-refractivity contribution in [2.75, 3.05) is 32.5 Å². The third-order valence-corrected chi connectivity index (χ3v) is 4.26. The highest BCUT2D eigenvalue weighted by molar-refractivity contribution is 7.91. The molecule has 5 nitrogen and oxygen atoms in total. The van der Waals surface area contributed by atoms with Gasteiger partial charge in [-0.3, -0.25) is 9.69 Å². The Hall–Kier alpha value is -1.40. The van der Waals surface area contributed by atoms with Gasteiger partial charge in [-0.1, -0.05) is 18.2 Å². The summed E-state index contributed by atoms with van der Waals surface area (Å²) in [5.41, 5.74) is 0. The minimum atomic E-state index is -3.30. The summed E-state index contributed by atoms with van der Waals surface area (Å²) in [6, 6.07) is 8.29. The Morgan fingerprint density at radius 2 is 1.89 bits per heavy atom. The molecule has 106 valence electrons. The van der Waals surface area contributed by atoms with Crippen LogP contribution in [0.4, 0.5) is 0 Å². The molecule has 19 heavy (non-hydrogen) atoms. The van der Waals surface area contributed by atoms with E-state index in [0.29, 0.717) is 11.5 Å². The summed E-state index contributed by atoms with van der Waals surface area (Å²) in [5.74, 6) is -0.366. The van der Waals surface area contributed by atoms with Crippen LogP contribution in [0.3, 0.4) is 0 Å². The van der Waals surface area contributed by atoms with Crippen molar-refractivity contribution in [3.63, 3.8) is 0 Å². The predicted molar refractivity (Wildman–Crippen MR) is 72.6 cm³/mol. The molecule has 0 N–H and O–H groups in total. The molecule has 0 atom stereocenters. The number of carbonyl (C=O) groups excluding carboxylic acids is 1. The lowest BCUT2D eigenvalue weighted by molar-refractivity contribution is -0.144. The van der Waals surface area contributed by atoms with Gasteiger partial charge in [0.25, 0.3) is 0 Å². The number of esters is 1. The molecule has 0 aromatic heterocycles. The number of rotatable bonds is 7. The Balaban J connectivity index is 2.50. The maximum absolute atomic E-state index is 12.0. The minimum Gasteiger partial charge on any atom is -0.465 e. The third-order valence-electron chi connectivity index (χ3n) is 2.55. The molecule has 0 radical (unpaired) electrons. The fourth-order valence-corrected chi connectivity index (χ4v) is 2.89. The van der Waals surface area contributed by atoms with Gasteiger partial charge in [-0.05, 0) is 26.1 Å². The molecule has 0 saturated heterocycles. The highest BCUT2D eigenvalue weighted by Gasteiger charge is 2.16. The molecule has 0 bridgehead atoms. The third kappa shape index (κ3) is 5.40. The summed E-state index contributed by atoms with van der Waals surface area (Å²) < 4.78 is 28.8. The first-order chi connectivity index (χ1) is 8.95. The monoisotopic (exact) mass is 285 g/mol. The van der Waals surface area contributed by atoms with Crippen molar-refractivity contribution < 1.29 is 17.9 Å². The number of benzene rings is 1. The van der Waals surface area contributed by atoms with Crippen LogP contribution in [0.5, 0.6) is 0 Å². The summed E-state index contributed by atoms with van der Waals surface area (Å²) in [7, 11) is -1.61. The van der Waals surface area contributed by atoms with E-state index in [0.717, 1.165) is 0 Å². The zero-order chi connectivity index (χ0) is 14.3. The Kier molecular flexibility index (Phi) is 5.98. The summed E-state index contributed by atoms with van der Waals surface area (Å²) >= 11 is 0. The van der Waals surface area contributed by atoms with Gasteiger partial charge in [0.2, 0.25) is 0 Å². The van der Waals surface area contributed by atoms with Crippen LogP contribution in [-0.4, -0.2) is 51.8 Å². The molecular formula is C13H19NO4S. The molecule has 0 heterocycles. The lowest BCUT2D eigenvalue weighted by atomic mass is 10.4. The molecule has 0 aliphatic rings. The van der Waals surface area contributed by atoms with Crippen LogP contribution in [0.2, 0.25) is 0 Å². The van der Waals surface area contributed by atoms with Gasteiger partial charge in [-0.15, -0.1) is 0 Å². The Morgan fingerprint density at radius 1 is 1.26 bits per heavy atom. The second-order valence-corrected chi connectivity index (χ2v) is 6.28. The quantitative estimate of drug-likeness (QED) is 0.698. The highest BCUT2D eigenvalue weighted by atomic mass is 32.2. The van der Waals surface area contributed by atoms with E-state index in [1.165, 1.54) is 0 Å². The Labute approximate surface area is 114 Å². The topological polar surface area (TPSA) is 63.7 Å². The fraction of sp³-hybridized carbons (Fsp3) is 0.462. The van der Waals surface area contributed by atoms with Crippen LogP contribution in [0.1, 0.15) is 6.92 Å². The number of hydrogen-bond donors (Lipinski definition) is 0. The van der Waals surface area contributed by atoms with Gasteiger partial charge in [0.1, 0.15) is 0 Å². The minimum absolute atomic E-state index is 0.0209. The second kappa shape index (κ2) is 7.25. The van der Waals surface area contributed by atoms with Crippen molar-refractivity contribution in [1.29, 1.82) is 0 Å². The Morgan fingerprint density at radius 3 is 2.47 bits per heavy atom. The molecule has 0 aliphatic carbocycles. The lowest BCUT2D eigenvalue weighted by Gasteiger charge is -2.15. The maximum atomic E-state index is 12.0. The summed E-state index contributed by atoms with van der Waals surface area (Å²) in [5, 5.41) is 0. The maximum Gasteiger partial charge on any atom is 0.320 e. The molecule has 1 aromatic carbocycles. The van der Waals surface area contributed by atoms with Crippen LogP contribution >= 0.6 is 0 Å². The van der Waals surface area contributed by atoms with Crippen molar-refractivity contribution in [3.8, 4) is 0 Å². The first kappa shape index (κ1) is 15.7. The van der Waals surface area contributed by atoms with Gasteiger partial charge in [-0.2, -0.15) is 0 Å². The van der Waals surface area contributed by atoms with Gasteiger partial charge in [0.05, 0.1) is 23.8 Å². The van der Waals surface area contributed by atoms with Crippen LogP contribution in [0.15, 0.2) is 35.2 Å². The van der Waals surface area contributed by atoms with Gasteiger partial charge in [0, 0.05) is 6.54 Å². The van der Waals surface area contributed by atoms with E-state index in [9.17, 15) is 13.2 Å². The number of hydrogen-bond acceptors (Lipinski definition) is 5. The molecule has 0 saturated carbocycles. The van der Waals surface area contributed by atoms with Crippen LogP contribution in [0.25, 0.3) is 0 Å². The summed E-state index contributed by atoms with van der Waals surface area (Å²) in [4.78, 5) is 13.2. The van der Waals surface area contributed by atoms with E-state index in [4.69, 9.17) is 4.74 Å². The molecule has 0 spiro atoms. The number of likely N-dealkylation sites (N-methyl/N-ethyl adjacent to an activating group) is 1. The van der Waals surface area contributed by atoms with Gasteiger partial charge in [-0.25, -0.2) is 8.42 Å². The van der Waals surface area contributed by atoms with E-state index in [-0.39, 0.29) is 24.8 Å². The van der Waals surface area contributed by atoms with Crippen LogP contribution < -0.4 is 0 Å². The zero-order valence-corrected chi connectivity index (χ0v) is 12.0. The smallest absolute Gasteiger partial charge is 0.320 e. The van der Waals surface area contributed by atoms with Crippen molar-refractivity contribution in [1.82, 2.24) is 4.90 Å². The number of sulfone groups is 1. The van der Waals surface area contributed by atoms with Crippen LogP contribution in [-0.2, 0) is 19.4 Å². The average molecular weight is 285 g/mol. The molecule has 1 aromatic rings. The standard InChI is InChI=1S/C13H19NO4S/c1-3-18-13(15)11-14(2)9-10-19(16,17)12-7-5-4-6-8-12/h4-8H,3,9-11H2,1-2H3. The van der Waals surface area contributed by atoms with E-state index in [2.05, 4.69) is 0 Å². The number of nitrogens with zero attached hydrogens (tertiary/aromatic N) is 1. The zero-order valence-electron chi connectivity index (χ0n) is 11.2. The van der Waals surface area contributed by atoms with Crippen molar-refractivity contribution in [3.05, 3.63) is 30.3 Å². The summed E-state index contributed by atoms with van der Waals surface area (Å²) in [6.45, 7) is 2.45. The number of ether oxygens (including phenoxy) is 1. The van der Waals surface area contributed by atoms with E-state index in [1.807, 2.05) is 0 Å². The van der Waals surface area contributed by atoms with E-state index >= 15 is 0 Å². The van der Waals surface area contributed by atoms with E-state index in [1.54, 1.807) is 49.2 Å². The Bertz CT molecular complexity index is 499. The SMILES string of the molecule is CCOC(=O)CN(C)CCS(=O)(=O)c1ccccc1. The molecular weight excluding hydrogens is 266 g/mol. The summed E-state index contributed by atoms with van der Waals surface area (Å²) in [6.07, 6.45) is 0. The van der Waals surface area contributed by atoms with Crippen molar-refractivity contribution in [2.24, 2.45) is 0 Å². The highest BCUT2D eigenvalue weighted by Crippen LogP contribution is 2.09. The molecule has 0 aliphatic heterocycles. The molecule has 0 amide bonds. The number of carbonyl (C=O) groups is 1. The van der Waals surface area contributed by atoms with E-state index < -0.39 is 9.84 Å². The fourth-order valence-electron chi connectivity index (χ4n) is 1.53. The second-order valence-electron chi connectivity index (χ2n) is 4.17. The molecule has 6 heteroatoms. The first-order valence-electron chi connectivity index (χ1n) is 6.07. The largest absolute Gasteiger partial charge is 0.465 e. The predicted octanol–water partition coefficient (Wildman–Crippen LogP) is 0.955. The van der Waals surface area contributed by atoms with Crippen LogP contribution in [0, 0.1) is 0 Å². The molecule has 1 rings (SSSR count). The molecule has 0 fully saturated rings. The van der Waals surface area contributed by atoms with Gasteiger partial charge in [0.15, 0.2) is 9.84 Å². The normalized spacial score (nSPS) is 11.5. The van der Waals surface area contributed by atoms with Crippen molar-refractivity contribution >= 4 is 15.8 Å². The lowest BCUT2D eigenvalue weighted by Crippen LogP contribution is -2.31. The van der Waals surface area contributed by atoms with Gasteiger partial charge >= 0.3 is 5.97 Å².